The number of furan rings is 1. The van der Waals surface area contributed by atoms with Crippen LogP contribution in [0.3, 0.4) is 0 Å². The van der Waals surface area contributed by atoms with Gasteiger partial charge >= 0.3 is 6.18 Å². The summed E-state index contributed by atoms with van der Waals surface area (Å²) in [5, 5.41) is 6.38. The summed E-state index contributed by atoms with van der Waals surface area (Å²) in [6.07, 6.45) is -1.58. The third-order valence-corrected chi connectivity index (χ3v) is 3.16. The van der Waals surface area contributed by atoms with Crippen LogP contribution in [-0.4, -0.2) is 34.7 Å². The summed E-state index contributed by atoms with van der Waals surface area (Å²) in [5.41, 5.74) is -0.829. The van der Waals surface area contributed by atoms with Gasteiger partial charge in [-0.05, 0) is 12.1 Å². The molecular formula is C14H18F3N5O. The lowest BCUT2D eigenvalue weighted by atomic mass is 10.2. The summed E-state index contributed by atoms with van der Waals surface area (Å²) in [5.74, 6) is 1.19. The van der Waals surface area contributed by atoms with Gasteiger partial charge in [-0.25, -0.2) is 0 Å². The molecule has 0 bridgehead atoms. The molecule has 1 N–H and O–H groups in total. The Kier molecular flexibility index (Phi) is 4.97. The van der Waals surface area contributed by atoms with Gasteiger partial charge in [0.2, 0.25) is 0 Å². The Labute approximate surface area is 131 Å². The highest BCUT2D eigenvalue weighted by Crippen LogP contribution is 2.30. The van der Waals surface area contributed by atoms with Crippen molar-refractivity contribution in [3.63, 3.8) is 0 Å². The van der Waals surface area contributed by atoms with Gasteiger partial charge in [0.05, 0.1) is 12.8 Å². The third kappa shape index (κ3) is 4.27. The SMILES string of the molecule is CN=C(NCc1cn(C)nc1C(F)(F)F)N(C)Cc1ccco1. The van der Waals surface area contributed by atoms with E-state index in [1.54, 1.807) is 31.3 Å². The molecular weight excluding hydrogens is 311 g/mol. The lowest BCUT2D eigenvalue weighted by Crippen LogP contribution is -2.38. The van der Waals surface area contributed by atoms with Crippen molar-refractivity contribution in [3.8, 4) is 0 Å². The number of alkyl halides is 3. The standard InChI is InChI=1S/C14H18F3N5O/c1-18-13(21(2)9-11-5-4-6-23-11)19-7-10-8-22(3)20-12(10)14(15,16)17/h4-6,8H,7,9H2,1-3H3,(H,18,19). The number of nitrogens with one attached hydrogen (secondary N) is 1. The Hall–Kier alpha value is -2.45. The van der Waals surface area contributed by atoms with Gasteiger partial charge in [0.1, 0.15) is 5.76 Å². The first-order valence-electron chi connectivity index (χ1n) is 6.85. The van der Waals surface area contributed by atoms with E-state index in [0.29, 0.717) is 12.5 Å². The van der Waals surface area contributed by atoms with E-state index in [4.69, 9.17) is 4.42 Å². The molecule has 9 heteroatoms. The van der Waals surface area contributed by atoms with Crippen LogP contribution in [0.4, 0.5) is 13.2 Å². The zero-order valence-electron chi connectivity index (χ0n) is 13.1. The van der Waals surface area contributed by atoms with Crippen molar-refractivity contribution in [2.75, 3.05) is 14.1 Å². The Morgan fingerprint density at radius 2 is 2.22 bits per heavy atom. The van der Waals surface area contributed by atoms with Gasteiger partial charge in [-0.2, -0.15) is 18.3 Å². The second-order valence-corrected chi connectivity index (χ2v) is 5.01. The second kappa shape index (κ2) is 6.76. The largest absolute Gasteiger partial charge is 0.467 e. The maximum atomic E-state index is 12.9. The molecule has 0 unspecified atom stereocenters. The molecule has 0 aliphatic carbocycles. The fraction of sp³-hybridized carbons (Fsp3) is 0.429. The van der Waals surface area contributed by atoms with E-state index in [2.05, 4.69) is 15.4 Å². The molecule has 0 aliphatic rings. The van der Waals surface area contributed by atoms with Crippen LogP contribution in [0.15, 0.2) is 34.0 Å². The lowest BCUT2D eigenvalue weighted by molar-refractivity contribution is -0.142. The first kappa shape index (κ1) is 16.9. The van der Waals surface area contributed by atoms with E-state index in [9.17, 15) is 13.2 Å². The second-order valence-electron chi connectivity index (χ2n) is 5.01. The fourth-order valence-electron chi connectivity index (χ4n) is 2.18. The highest BCUT2D eigenvalue weighted by atomic mass is 19.4. The van der Waals surface area contributed by atoms with Crippen molar-refractivity contribution in [3.05, 3.63) is 41.6 Å². The van der Waals surface area contributed by atoms with Crippen LogP contribution in [0.25, 0.3) is 0 Å². The molecule has 0 spiro atoms. The van der Waals surface area contributed by atoms with E-state index < -0.39 is 11.9 Å². The number of aromatic nitrogens is 2. The zero-order valence-corrected chi connectivity index (χ0v) is 13.1. The minimum atomic E-state index is -4.48. The maximum Gasteiger partial charge on any atom is 0.435 e. The van der Waals surface area contributed by atoms with Crippen molar-refractivity contribution in [2.45, 2.75) is 19.3 Å². The molecule has 2 aromatic heterocycles. The number of hydrogen-bond acceptors (Lipinski definition) is 3. The smallest absolute Gasteiger partial charge is 0.435 e. The van der Waals surface area contributed by atoms with E-state index in [0.717, 1.165) is 10.4 Å². The molecule has 0 aromatic carbocycles. The number of aliphatic imine (C=N–C) groups is 1. The zero-order chi connectivity index (χ0) is 17.0. The molecule has 23 heavy (non-hydrogen) atoms. The van der Waals surface area contributed by atoms with Crippen LogP contribution in [0.1, 0.15) is 17.0 Å². The average Bonchev–Trinajstić information content (AvgIpc) is 3.08. The molecule has 0 atom stereocenters. The number of guanidine groups is 1. The number of halogens is 3. The van der Waals surface area contributed by atoms with Gasteiger partial charge in [0, 0.05) is 39.4 Å². The van der Waals surface area contributed by atoms with Crippen LogP contribution in [0.2, 0.25) is 0 Å². The average molecular weight is 329 g/mol. The van der Waals surface area contributed by atoms with Crippen molar-refractivity contribution in [1.29, 1.82) is 0 Å². The highest BCUT2D eigenvalue weighted by molar-refractivity contribution is 5.79. The van der Waals surface area contributed by atoms with Crippen molar-refractivity contribution >= 4 is 5.96 Å². The molecule has 0 saturated heterocycles. The minimum absolute atomic E-state index is 0.0299. The summed E-state index contributed by atoms with van der Waals surface area (Å²) in [4.78, 5) is 5.82. The van der Waals surface area contributed by atoms with Gasteiger partial charge in [-0.3, -0.25) is 9.67 Å². The molecule has 2 heterocycles. The monoisotopic (exact) mass is 329 g/mol. The van der Waals surface area contributed by atoms with Crippen LogP contribution < -0.4 is 5.32 Å². The first-order chi connectivity index (χ1) is 10.8. The van der Waals surface area contributed by atoms with Crippen molar-refractivity contribution < 1.29 is 17.6 Å². The first-order valence-corrected chi connectivity index (χ1v) is 6.85. The summed E-state index contributed by atoms with van der Waals surface area (Å²) >= 11 is 0. The topological polar surface area (TPSA) is 58.6 Å². The third-order valence-electron chi connectivity index (χ3n) is 3.16. The predicted octanol–water partition coefficient (Wildman–Crippen LogP) is 2.24. The van der Waals surface area contributed by atoms with Crippen LogP contribution in [0.5, 0.6) is 0 Å². The van der Waals surface area contributed by atoms with Crippen LogP contribution in [0, 0.1) is 0 Å². The van der Waals surface area contributed by atoms with Gasteiger partial charge in [0.15, 0.2) is 11.7 Å². The van der Waals surface area contributed by atoms with Crippen LogP contribution >= 0.6 is 0 Å². The van der Waals surface area contributed by atoms with E-state index >= 15 is 0 Å². The predicted molar refractivity (Wildman–Crippen MR) is 78.6 cm³/mol. The molecule has 0 fully saturated rings. The molecule has 0 aliphatic heterocycles. The quantitative estimate of drug-likeness (QED) is 0.690. The summed E-state index contributed by atoms with van der Waals surface area (Å²) in [6, 6.07) is 3.58. The Bertz CT molecular complexity index is 661. The maximum absolute atomic E-state index is 12.9. The van der Waals surface area contributed by atoms with Gasteiger partial charge < -0.3 is 14.6 Å². The van der Waals surface area contributed by atoms with Gasteiger partial charge in [-0.15, -0.1) is 0 Å². The number of rotatable bonds is 4. The number of aryl methyl sites for hydroxylation is 1. The van der Waals surface area contributed by atoms with Crippen LogP contribution in [-0.2, 0) is 26.3 Å². The Morgan fingerprint density at radius 1 is 1.48 bits per heavy atom. The number of hydrogen-bond donors (Lipinski definition) is 1. The van der Waals surface area contributed by atoms with E-state index in [-0.39, 0.29) is 12.1 Å². The summed E-state index contributed by atoms with van der Waals surface area (Å²) in [6.45, 7) is 0.420. The molecule has 0 amide bonds. The molecule has 0 saturated carbocycles. The van der Waals surface area contributed by atoms with E-state index in [1.165, 1.54) is 13.2 Å². The Morgan fingerprint density at radius 3 is 2.78 bits per heavy atom. The lowest BCUT2D eigenvalue weighted by Gasteiger charge is -2.21. The Balaban J connectivity index is 2.04. The molecule has 2 aromatic rings. The van der Waals surface area contributed by atoms with Crippen molar-refractivity contribution in [2.24, 2.45) is 12.0 Å². The normalized spacial score (nSPS) is 12.5. The molecule has 6 nitrogen and oxygen atoms in total. The highest BCUT2D eigenvalue weighted by Gasteiger charge is 2.36. The number of nitrogens with zero attached hydrogens (tertiary/aromatic N) is 4. The minimum Gasteiger partial charge on any atom is -0.467 e. The van der Waals surface area contributed by atoms with Gasteiger partial charge in [-0.1, -0.05) is 0 Å². The van der Waals surface area contributed by atoms with Crippen molar-refractivity contribution in [1.82, 2.24) is 20.0 Å². The fourth-order valence-corrected chi connectivity index (χ4v) is 2.18. The molecule has 0 radical (unpaired) electrons. The summed E-state index contributed by atoms with van der Waals surface area (Å²) in [7, 11) is 4.79. The molecule has 126 valence electrons. The summed E-state index contributed by atoms with van der Waals surface area (Å²) < 4.78 is 45.2. The van der Waals surface area contributed by atoms with E-state index in [1.807, 2.05) is 6.07 Å². The van der Waals surface area contributed by atoms with Gasteiger partial charge in [0.25, 0.3) is 0 Å². The molecule has 2 rings (SSSR count).